The van der Waals surface area contributed by atoms with Gasteiger partial charge in [0, 0.05) is 11.6 Å². The van der Waals surface area contributed by atoms with E-state index in [1.807, 2.05) is 0 Å². The van der Waals surface area contributed by atoms with Crippen molar-refractivity contribution in [3.63, 3.8) is 0 Å². The molecule has 1 aromatic rings. The fourth-order valence-electron chi connectivity index (χ4n) is 1.90. The maximum absolute atomic E-state index is 12.4. The minimum absolute atomic E-state index is 0.0203. The van der Waals surface area contributed by atoms with Crippen LogP contribution in [-0.4, -0.2) is 34.0 Å². The summed E-state index contributed by atoms with van der Waals surface area (Å²) in [6, 6.07) is 0.879. The summed E-state index contributed by atoms with van der Waals surface area (Å²) >= 11 is 3.17. The van der Waals surface area contributed by atoms with Crippen molar-refractivity contribution in [3.05, 3.63) is 22.1 Å². The zero-order valence-corrected chi connectivity index (χ0v) is 11.7. The summed E-state index contributed by atoms with van der Waals surface area (Å²) in [7, 11) is 0. The molecule has 0 aliphatic heterocycles. The van der Waals surface area contributed by atoms with Crippen LogP contribution in [0.1, 0.15) is 35.9 Å². The first kappa shape index (κ1) is 13.1. The fourth-order valence-corrected chi connectivity index (χ4v) is 2.41. The SMILES string of the molecule is Cc1cc(Br)oc1C(=O)N(C1CC1)C(C)C(=O)O. The summed E-state index contributed by atoms with van der Waals surface area (Å²) in [5.41, 5.74) is 0.704. The average molecular weight is 316 g/mol. The van der Waals surface area contributed by atoms with E-state index in [0.717, 1.165) is 12.8 Å². The molecular weight excluding hydrogens is 302 g/mol. The molecule has 2 rings (SSSR count). The van der Waals surface area contributed by atoms with Crippen molar-refractivity contribution < 1.29 is 19.1 Å². The van der Waals surface area contributed by atoms with Crippen LogP contribution in [0.4, 0.5) is 0 Å². The zero-order chi connectivity index (χ0) is 13.4. The molecule has 0 bridgehead atoms. The molecule has 1 amide bonds. The summed E-state index contributed by atoms with van der Waals surface area (Å²) in [4.78, 5) is 24.8. The van der Waals surface area contributed by atoms with Gasteiger partial charge in [-0.05, 0) is 48.7 Å². The summed E-state index contributed by atoms with van der Waals surface area (Å²) in [6.45, 7) is 3.28. The smallest absolute Gasteiger partial charge is 0.326 e. The van der Waals surface area contributed by atoms with Crippen LogP contribution < -0.4 is 0 Å². The Kier molecular flexibility index (Phi) is 3.47. The highest BCUT2D eigenvalue weighted by Gasteiger charge is 2.40. The number of amides is 1. The van der Waals surface area contributed by atoms with E-state index in [0.29, 0.717) is 10.2 Å². The number of aryl methyl sites for hydroxylation is 1. The van der Waals surface area contributed by atoms with E-state index in [9.17, 15) is 9.59 Å². The molecule has 0 aromatic carbocycles. The number of hydrogen-bond donors (Lipinski definition) is 1. The number of halogens is 1. The van der Waals surface area contributed by atoms with Crippen LogP contribution in [0.5, 0.6) is 0 Å². The molecule has 1 unspecified atom stereocenters. The van der Waals surface area contributed by atoms with Gasteiger partial charge in [-0.15, -0.1) is 0 Å². The molecule has 1 aliphatic rings. The lowest BCUT2D eigenvalue weighted by molar-refractivity contribution is -0.141. The third-order valence-electron chi connectivity index (χ3n) is 3.03. The Balaban J connectivity index is 2.29. The number of carboxylic acids is 1. The lowest BCUT2D eigenvalue weighted by atomic mass is 10.2. The van der Waals surface area contributed by atoms with Crippen molar-refractivity contribution in [1.29, 1.82) is 0 Å². The molecule has 5 nitrogen and oxygen atoms in total. The number of nitrogens with zero attached hydrogens (tertiary/aromatic N) is 1. The third-order valence-corrected chi connectivity index (χ3v) is 3.42. The van der Waals surface area contributed by atoms with Crippen molar-refractivity contribution in [2.75, 3.05) is 0 Å². The highest BCUT2D eigenvalue weighted by atomic mass is 79.9. The topological polar surface area (TPSA) is 70.8 Å². The second kappa shape index (κ2) is 4.76. The molecule has 1 saturated carbocycles. The zero-order valence-electron chi connectivity index (χ0n) is 10.1. The largest absolute Gasteiger partial charge is 0.480 e. The molecule has 0 saturated heterocycles. The van der Waals surface area contributed by atoms with Crippen molar-refractivity contribution in [2.24, 2.45) is 0 Å². The van der Waals surface area contributed by atoms with Crippen LogP contribution in [0.2, 0.25) is 0 Å². The number of aliphatic carboxylic acids is 1. The first-order valence-electron chi connectivity index (χ1n) is 5.73. The lowest BCUT2D eigenvalue weighted by Gasteiger charge is -2.25. The number of carbonyl (C=O) groups excluding carboxylic acids is 1. The van der Waals surface area contributed by atoms with Crippen molar-refractivity contribution >= 4 is 27.8 Å². The quantitative estimate of drug-likeness (QED) is 0.926. The van der Waals surface area contributed by atoms with Gasteiger partial charge in [-0.3, -0.25) is 4.79 Å². The van der Waals surface area contributed by atoms with E-state index >= 15 is 0 Å². The average Bonchev–Trinajstić information content (AvgIpc) is 3.04. The van der Waals surface area contributed by atoms with Gasteiger partial charge < -0.3 is 14.4 Å². The standard InChI is InChI=1S/C12H14BrNO4/c1-6-5-9(13)18-10(6)11(15)14(8-3-4-8)7(2)12(16)17/h5,7-8H,3-4H2,1-2H3,(H,16,17). The van der Waals surface area contributed by atoms with Crippen molar-refractivity contribution in [3.8, 4) is 0 Å². The van der Waals surface area contributed by atoms with Crippen LogP contribution in [0, 0.1) is 6.92 Å². The number of carbonyl (C=O) groups is 2. The molecule has 1 heterocycles. The van der Waals surface area contributed by atoms with Gasteiger partial charge in [0.05, 0.1) is 0 Å². The molecule has 1 atom stereocenters. The minimum Gasteiger partial charge on any atom is -0.480 e. The van der Waals surface area contributed by atoms with E-state index in [-0.39, 0.29) is 17.7 Å². The first-order valence-corrected chi connectivity index (χ1v) is 6.52. The monoisotopic (exact) mass is 315 g/mol. The van der Waals surface area contributed by atoms with Gasteiger partial charge in [0.2, 0.25) is 0 Å². The molecule has 1 fully saturated rings. The molecule has 18 heavy (non-hydrogen) atoms. The van der Waals surface area contributed by atoms with Gasteiger partial charge in [-0.1, -0.05) is 0 Å². The third kappa shape index (κ3) is 2.43. The van der Waals surface area contributed by atoms with Crippen molar-refractivity contribution in [1.82, 2.24) is 4.90 Å². The summed E-state index contributed by atoms with van der Waals surface area (Å²) in [5, 5.41) is 9.07. The minimum atomic E-state index is -1.00. The molecule has 6 heteroatoms. The summed E-state index contributed by atoms with van der Waals surface area (Å²) in [6.07, 6.45) is 1.70. The Morgan fingerprint density at radius 1 is 1.56 bits per heavy atom. The van der Waals surface area contributed by atoms with Gasteiger partial charge in [-0.25, -0.2) is 4.79 Å². The van der Waals surface area contributed by atoms with Crippen LogP contribution in [0.15, 0.2) is 15.2 Å². The summed E-state index contributed by atoms with van der Waals surface area (Å²) in [5.74, 6) is -1.14. The normalized spacial score (nSPS) is 16.4. The van der Waals surface area contributed by atoms with E-state index in [2.05, 4.69) is 15.9 Å². The van der Waals surface area contributed by atoms with Crippen LogP contribution in [0.25, 0.3) is 0 Å². The Hall–Kier alpha value is -1.30. The van der Waals surface area contributed by atoms with Crippen molar-refractivity contribution in [2.45, 2.75) is 38.8 Å². The Morgan fingerprint density at radius 3 is 2.56 bits per heavy atom. The van der Waals surface area contributed by atoms with E-state index in [1.165, 1.54) is 11.8 Å². The van der Waals surface area contributed by atoms with Gasteiger partial charge in [0.15, 0.2) is 10.4 Å². The van der Waals surface area contributed by atoms with Crippen LogP contribution in [-0.2, 0) is 4.79 Å². The maximum atomic E-state index is 12.4. The molecule has 1 N–H and O–H groups in total. The molecule has 0 radical (unpaired) electrons. The predicted octanol–water partition coefficient (Wildman–Crippen LogP) is 2.43. The van der Waals surface area contributed by atoms with Gasteiger partial charge >= 0.3 is 5.97 Å². The Bertz CT molecular complexity index is 492. The van der Waals surface area contributed by atoms with Gasteiger partial charge in [0.1, 0.15) is 6.04 Å². The Morgan fingerprint density at radius 2 is 2.17 bits per heavy atom. The van der Waals surface area contributed by atoms with E-state index in [1.54, 1.807) is 13.0 Å². The molecule has 1 aromatic heterocycles. The number of carboxylic acid groups (broad SMARTS) is 1. The van der Waals surface area contributed by atoms with Crippen LogP contribution in [0.3, 0.4) is 0 Å². The maximum Gasteiger partial charge on any atom is 0.326 e. The Labute approximate surface area is 113 Å². The highest BCUT2D eigenvalue weighted by Crippen LogP contribution is 2.31. The lowest BCUT2D eigenvalue weighted by Crippen LogP contribution is -2.44. The highest BCUT2D eigenvalue weighted by molar-refractivity contribution is 9.10. The molecular formula is C12H14BrNO4. The van der Waals surface area contributed by atoms with E-state index in [4.69, 9.17) is 9.52 Å². The first-order chi connectivity index (χ1) is 8.41. The van der Waals surface area contributed by atoms with Gasteiger partial charge in [0.25, 0.3) is 5.91 Å². The number of rotatable bonds is 4. The fraction of sp³-hybridized carbons (Fsp3) is 0.500. The summed E-state index contributed by atoms with van der Waals surface area (Å²) < 4.78 is 5.77. The number of furan rings is 1. The van der Waals surface area contributed by atoms with Gasteiger partial charge in [-0.2, -0.15) is 0 Å². The predicted molar refractivity (Wildman–Crippen MR) is 67.4 cm³/mol. The number of hydrogen-bond acceptors (Lipinski definition) is 3. The second-order valence-electron chi connectivity index (χ2n) is 4.52. The molecule has 1 aliphatic carbocycles. The second-order valence-corrected chi connectivity index (χ2v) is 5.30. The molecule has 0 spiro atoms. The molecule has 98 valence electrons. The van der Waals surface area contributed by atoms with E-state index < -0.39 is 12.0 Å². The van der Waals surface area contributed by atoms with Crippen LogP contribution >= 0.6 is 15.9 Å².